The lowest BCUT2D eigenvalue weighted by molar-refractivity contribution is -0.314. The van der Waals surface area contributed by atoms with Crippen molar-refractivity contribution < 1.29 is 39.2 Å². The van der Waals surface area contributed by atoms with Crippen molar-refractivity contribution >= 4 is 23.9 Å². The maximum atomic E-state index is 13.2. The van der Waals surface area contributed by atoms with Gasteiger partial charge in [-0.2, -0.15) is 0 Å². The first-order valence-electron chi connectivity index (χ1n) is 15.6. The van der Waals surface area contributed by atoms with Gasteiger partial charge in [-0.05, 0) is 70.6 Å². The summed E-state index contributed by atoms with van der Waals surface area (Å²) in [6.07, 6.45) is 11.5. The van der Waals surface area contributed by atoms with E-state index < -0.39 is 57.4 Å². The number of carbonyl (C=O) groups excluding carboxylic acids is 3. The number of fused-ring (bicyclic) bond motifs is 5. The summed E-state index contributed by atoms with van der Waals surface area (Å²) in [5.74, 6) is -2.04. The molecular weight excluding hydrogens is 564 g/mol. The van der Waals surface area contributed by atoms with E-state index in [1.165, 1.54) is 19.1 Å². The lowest BCUT2D eigenvalue weighted by atomic mass is 9.42. The molecule has 0 spiro atoms. The first-order valence-corrected chi connectivity index (χ1v) is 15.6. The van der Waals surface area contributed by atoms with Crippen LogP contribution in [0.1, 0.15) is 86.5 Å². The molecule has 4 aliphatic rings. The van der Waals surface area contributed by atoms with Crippen LogP contribution < -0.4 is 0 Å². The summed E-state index contributed by atoms with van der Waals surface area (Å²) >= 11 is 0. The van der Waals surface area contributed by atoms with Gasteiger partial charge >= 0.3 is 11.9 Å². The molecule has 1 heterocycles. The molecule has 5 rings (SSSR count). The number of aromatic nitrogens is 2. The summed E-state index contributed by atoms with van der Waals surface area (Å²) in [5, 5.41) is 37.0. The standard InChI is InChI=1S/C34H46N2O8/c1-21(2)22(3)17-29(39)44-27-19-26-30(5)10-8-25(43-28(38)9-15-36-16-14-35-20-36)18-24(30)7-11-33(26,41)34(42)13-12-32(40,23(4)37)31(27,34)6/h7,9,14-17,20-21,25-27,40-42H,8,10-13,18-19H2,1-6H3/b15-9+,22-17+/t25-,26?,27+,30-,31+,32+,33-,34+/m0/s1. The topological polar surface area (TPSA) is 148 Å². The van der Waals surface area contributed by atoms with Gasteiger partial charge in [-0.15, -0.1) is 0 Å². The lowest BCUT2D eigenvalue weighted by Crippen LogP contribution is -2.78. The molecule has 10 nitrogen and oxygen atoms in total. The van der Waals surface area contributed by atoms with Gasteiger partial charge in [0.25, 0.3) is 0 Å². The van der Waals surface area contributed by atoms with Crippen LogP contribution in [-0.2, 0) is 23.9 Å². The SMILES string of the molecule is CC(=O)[C@]1(O)CC[C@@]2(O)[C@]1(C)[C@H](OC(=O)/C=C(\C)C(C)C)CC1[C@@]3(C)CC[C@H](OC(=O)/C=C/n4ccnc4)CC3=CC[C@]12O. The fourth-order valence-electron chi connectivity index (χ4n) is 8.69. The van der Waals surface area contributed by atoms with Gasteiger partial charge in [0.2, 0.25) is 0 Å². The molecule has 0 aromatic carbocycles. The third kappa shape index (κ3) is 4.72. The van der Waals surface area contributed by atoms with E-state index in [1.54, 1.807) is 36.4 Å². The monoisotopic (exact) mass is 610 g/mol. The number of nitrogens with zero attached hydrogens (tertiary/aromatic N) is 2. The van der Waals surface area contributed by atoms with Crippen LogP contribution in [-0.4, -0.2) is 71.6 Å². The minimum atomic E-state index is -1.99. The minimum Gasteiger partial charge on any atom is -0.459 e. The average molecular weight is 611 g/mol. The molecule has 0 amide bonds. The molecule has 0 bridgehead atoms. The van der Waals surface area contributed by atoms with E-state index in [9.17, 15) is 29.7 Å². The van der Waals surface area contributed by atoms with Gasteiger partial charge < -0.3 is 29.4 Å². The molecule has 1 unspecified atom stereocenters. The van der Waals surface area contributed by atoms with E-state index in [2.05, 4.69) is 4.98 Å². The number of hydrogen-bond acceptors (Lipinski definition) is 9. The van der Waals surface area contributed by atoms with E-state index in [0.29, 0.717) is 19.3 Å². The fourth-order valence-corrected chi connectivity index (χ4v) is 8.69. The van der Waals surface area contributed by atoms with Crippen LogP contribution in [0.4, 0.5) is 0 Å². The number of aliphatic hydroxyl groups is 3. The van der Waals surface area contributed by atoms with Gasteiger partial charge in [-0.25, -0.2) is 14.6 Å². The molecule has 8 atom stereocenters. The second-order valence-electron chi connectivity index (χ2n) is 14.1. The van der Waals surface area contributed by atoms with E-state index in [4.69, 9.17) is 9.47 Å². The van der Waals surface area contributed by atoms with Gasteiger partial charge in [0, 0.05) is 43.1 Å². The molecule has 44 heavy (non-hydrogen) atoms. The van der Waals surface area contributed by atoms with Crippen LogP contribution in [0.3, 0.4) is 0 Å². The number of Topliss-reactive ketones (excluding diaryl/α,β-unsaturated/α-hetero) is 1. The Morgan fingerprint density at radius 2 is 1.80 bits per heavy atom. The van der Waals surface area contributed by atoms with Crippen molar-refractivity contribution in [2.24, 2.45) is 22.7 Å². The summed E-state index contributed by atoms with van der Waals surface area (Å²) in [6, 6.07) is 0. The van der Waals surface area contributed by atoms with Crippen molar-refractivity contribution in [3.8, 4) is 0 Å². The number of ether oxygens (including phenoxy) is 2. The molecule has 1 aromatic heterocycles. The van der Waals surface area contributed by atoms with Crippen LogP contribution in [0.15, 0.2) is 48.1 Å². The Labute approximate surface area is 258 Å². The molecule has 10 heteroatoms. The van der Waals surface area contributed by atoms with E-state index >= 15 is 0 Å². The molecular formula is C34H46N2O8. The van der Waals surface area contributed by atoms with Gasteiger partial charge in [0.15, 0.2) is 5.78 Å². The predicted molar refractivity (Wildman–Crippen MR) is 162 cm³/mol. The molecule has 0 saturated heterocycles. The second kappa shape index (κ2) is 11.1. The normalized spacial score (nSPS) is 40.2. The van der Waals surface area contributed by atoms with Gasteiger partial charge in [-0.3, -0.25) is 4.79 Å². The maximum Gasteiger partial charge on any atom is 0.332 e. The summed E-state index contributed by atoms with van der Waals surface area (Å²) in [7, 11) is 0. The third-order valence-corrected chi connectivity index (χ3v) is 11.8. The highest BCUT2D eigenvalue weighted by atomic mass is 16.6. The Balaban J connectivity index is 1.47. The fraction of sp³-hybridized carbons (Fsp3) is 0.647. The molecule has 1 aromatic rings. The Hall–Kier alpha value is -3.08. The Bertz CT molecular complexity index is 1410. The molecule has 3 N–H and O–H groups in total. The number of imidazole rings is 1. The highest BCUT2D eigenvalue weighted by molar-refractivity contribution is 5.87. The lowest BCUT2D eigenvalue weighted by Gasteiger charge is -2.67. The highest BCUT2D eigenvalue weighted by Crippen LogP contribution is 2.71. The summed E-state index contributed by atoms with van der Waals surface area (Å²) in [4.78, 5) is 42.8. The molecule has 240 valence electrons. The van der Waals surface area contributed by atoms with Crippen molar-refractivity contribution in [3.05, 3.63) is 48.1 Å². The van der Waals surface area contributed by atoms with E-state index in [0.717, 1.165) is 11.1 Å². The van der Waals surface area contributed by atoms with Crippen LogP contribution in [0.5, 0.6) is 0 Å². The van der Waals surface area contributed by atoms with E-state index in [1.807, 2.05) is 33.8 Å². The van der Waals surface area contributed by atoms with Crippen molar-refractivity contribution in [2.45, 2.75) is 115 Å². The zero-order valence-corrected chi connectivity index (χ0v) is 26.6. The number of hydrogen-bond donors (Lipinski definition) is 3. The van der Waals surface area contributed by atoms with Gasteiger partial charge in [0.1, 0.15) is 29.0 Å². The summed E-state index contributed by atoms with van der Waals surface area (Å²) < 4.78 is 13.5. The Morgan fingerprint density at radius 3 is 2.43 bits per heavy atom. The first-order chi connectivity index (χ1) is 20.5. The second-order valence-corrected chi connectivity index (χ2v) is 14.1. The quantitative estimate of drug-likeness (QED) is 0.237. The van der Waals surface area contributed by atoms with Crippen molar-refractivity contribution in [3.63, 3.8) is 0 Å². The third-order valence-electron chi connectivity index (χ3n) is 11.8. The van der Waals surface area contributed by atoms with Crippen LogP contribution in [0.25, 0.3) is 6.20 Å². The minimum absolute atomic E-state index is 0.0236. The molecule has 3 fully saturated rings. The average Bonchev–Trinajstić information content (AvgIpc) is 3.56. The molecule has 0 radical (unpaired) electrons. The largest absolute Gasteiger partial charge is 0.459 e. The number of carbonyl (C=O) groups is 3. The number of esters is 2. The maximum absolute atomic E-state index is 13.2. The van der Waals surface area contributed by atoms with E-state index in [-0.39, 0.29) is 37.7 Å². The molecule has 4 aliphatic carbocycles. The van der Waals surface area contributed by atoms with Gasteiger partial charge in [-0.1, -0.05) is 38.0 Å². The molecule has 3 saturated carbocycles. The first kappa shape index (κ1) is 32.3. The van der Waals surface area contributed by atoms with Crippen LogP contribution in [0.2, 0.25) is 0 Å². The van der Waals surface area contributed by atoms with Crippen LogP contribution >= 0.6 is 0 Å². The predicted octanol–water partition coefficient (Wildman–Crippen LogP) is 3.90. The summed E-state index contributed by atoms with van der Waals surface area (Å²) in [5.41, 5.74) is -6.03. The Kier molecular flexibility index (Phi) is 8.13. The number of ketones is 1. The smallest absolute Gasteiger partial charge is 0.332 e. The van der Waals surface area contributed by atoms with Crippen molar-refractivity contribution in [2.75, 3.05) is 0 Å². The van der Waals surface area contributed by atoms with Crippen molar-refractivity contribution in [1.82, 2.24) is 9.55 Å². The van der Waals surface area contributed by atoms with Crippen LogP contribution in [0, 0.1) is 22.7 Å². The van der Waals surface area contributed by atoms with Crippen molar-refractivity contribution in [1.29, 1.82) is 0 Å². The zero-order chi connectivity index (χ0) is 32.3. The highest BCUT2D eigenvalue weighted by Gasteiger charge is 2.81. The zero-order valence-electron chi connectivity index (χ0n) is 26.6. The number of allylic oxidation sites excluding steroid dienone is 1. The summed E-state index contributed by atoms with van der Waals surface area (Å²) in [6.45, 7) is 10.7. The molecule has 0 aliphatic heterocycles. The Morgan fingerprint density at radius 1 is 1.07 bits per heavy atom. The van der Waals surface area contributed by atoms with Gasteiger partial charge in [0.05, 0.1) is 11.7 Å². The number of rotatable bonds is 7.